The summed E-state index contributed by atoms with van der Waals surface area (Å²) in [6.45, 7) is 0. The summed E-state index contributed by atoms with van der Waals surface area (Å²) in [5, 5.41) is 3.33. The third-order valence-corrected chi connectivity index (χ3v) is 3.14. The van der Waals surface area contributed by atoms with Crippen LogP contribution in [0.2, 0.25) is 5.15 Å². The zero-order valence-electron chi connectivity index (χ0n) is 7.65. The number of anilines is 1. The van der Waals surface area contributed by atoms with Gasteiger partial charge in [0.1, 0.15) is 10.8 Å². The van der Waals surface area contributed by atoms with Crippen LogP contribution in [0.25, 0.3) is 0 Å². The Kier molecular flexibility index (Phi) is 3.47. The van der Waals surface area contributed by atoms with Gasteiger partial charge in [-0.3, -0.25) is 10.1 Å². The average Bonchev–Trinajstić information content (AvgIpc) is 2.65. The van der Waals surface area contributed by atoms with Crippen LogP contribution in [0.3, 0.4) is 0 Å². The monoisotopic (exact) mass is 318 g/mol. The van der Waals surface area contributed by atoms with E-state index in [2.05, 4.69) is 36.2 Å². The van der Waals surface area contributed by atoms with Gasteiger partial charge >= 0.3 is 0 Å². The predicted molar refractivity (Wildman–Crippen MR) is 64.8 cm³/mol. The minimum Gasteiger partial charge on any atom is -0.296 e. The van der Waals surface area contributed by atoms with Crippen molar-refractivity contribution in [2.24, 2.45) is 0 Å². The molecule has 5 nitrogen and oxygen atoms in total. The maximum Gasteiger partial charge on any atom is 0.277 e. The molecule has 0 fully saturated rings. The van der Waals surface area contributed by atoms with Crippen molar-refractivity contribution in [3.8, 4) is 0 Å². The topological polar surface area (TPSA) is 67.8 Å². The molecule has 2 heterocycles. The molecule has 2 aromatic rings. The molecule has 2 rings (SSSR count). The molecule has 2 aromatic heterocycles. The fourth-order valence-corrected chi connectivity index (χ4v) is 2.10. The molecule has 0 radical (unpaired) electrons. The van der Waals surface area contributed by atoms with Crippen molar-refractivity contribution >= 4 is 49.9 Å². The van der Waals surface area contributed by atoms with Crippen molar-refractivity contribution in [2.45, 2.75) is 0 Å². The molecule has 8 heteroatoms. The Balaban J connectivity index is 2.11. The predicted octanol–water partition coefficient (Wildman–Crippen LogP) is 2.60. The number of carbonyl (C=O) groups is 1. The van der Waals surface area contributed by atoms with E-state index in [0.717, 1.165) is 3.79 Å². The Morgan fingerprint density at radius 2 is 2.12 bits per heavy atom. The largest absolute Gasteiger partial charge is 0.296 e. The molecule has 0 saturated carbocycles. The minimum absolute atomic E-state index is 0.190. The number of carbonyl (C=O) groups excluding carboxylic acids is 1. The van der Waals surface area contributed by atoms with Crippen LogP contribution in [0.1, 0.15) is 10.5 Å². The van der Waals surface area contributed by atoms with Crippen LogP contribution in [0.15, 0.2) is 22.4 Å². The van der Waals surface area contributed by atoms with Gasteiger partial charge in [0.2, 0.25) is 0 Å². The molecular weight excluding hydrogens is 316 g/mol. The number of aromatic nitrogens is 3. The smallest absolute Gasteiger partial charge is 0.277 e. The van der Waals surface area contributed by atoms with E-state index in [0.29, 0.717) is 5.13 Å². The lowest BCUT2D eigenvalue weighted by atomic mass is 10.4. The SMILES string of the molecule is O=C(Nc1ncc(Br)s1)c1cnc(Cl)cn1. The van der Waals surface area contributed by atoms with Gasteiger partial charge in [0, 0.05) is 0 Å². The van der Waals surface area contributed by atoms with Crippen molar-refractivity contribution in [3.05, 3.63) is 33.2 Å². The number of halogens is 2. The first-order valence-corrected chi connectivity index (χ1v) is 6.04. The van der Waals surface area contributed by atoms with E-state index in [4.69, 9.17) is 11.6 Å². The van der Waals surface area contributed by atoms with Gasteiger partial charge in [-0.1, -0.05) is 22.9 Å². The first-order chi connectivity index (χ1) is 7.65. The minimum atomic E-state index is -0.369. The van der Waals surface area contributed by atoms with E-state index >= 15 is 0 Å². The van der Waals surface area contributed by atoms with E-state index in [-0.39, 0.29) is 16.8 Å². The van der Waals surface area contributed by atoms with Gasteiger partial charge in [0.15, 0.2) is 5.13 Å². The maximum atomic E-state index is 11.6. The maximum absolute atomic E-state index is 11.6. The molecular formula is C8H4BrClN4OS. The number of amides is 1. The first-order valence-electron chi connectivity index (χ1n) is 4.05. The van der Waals surface area contributed by atoms with E-state index in [1.165, 1.54) is 23.7 Å². The Bertz CT molecular complexity index is 515. The molecule has 16 heavy (non-hydrogen) atoms. The van der Waals surface area contributed by atoms with Gasteiger partial charge in [0.05, 0.1) is 22.4 Å². The molecule has 82 valence electrons. The van der Waals surface area contributed by atoms with Crippen molar-refractivity contribution < 1.29 is 4.79 Å². The molecule has 1 N–H and O–H groups in total. The zero-order valence-corrected chi connectivity index (χ0v) is 10.8. The highest BCUT2D eigenvalue weighted by molar-refractivity contribution is 9.11. The van der Waals surface area contributed by atoms with Gasteiger partial charge in [-0.25, -0.2) is 15.0 Å². The average molecular weight is 320 g/mol. The summed E-state index contributed by atoms with van der Waals surface area (Å²) >= 11 is 10.1. The van der Waals surface area contributed by atoms with E-state index in [9.17, 15) is 4.79 Å². The normalized spacial score (nSPS) is 10.1. The summed E-state index contributed by atoms with van der Waals surface area (Å²) in [7, 11) is 0. The van der Waals surface area contributed by atoms with Crippen LogP contribution in [0.4, 0.5) is 5.13 Å². The Morgan fingerprint density at radius 3 is 2.69 bits per heavy atom. The molecule has 0 aliphatic heterocycles. The second-order valence-corrected chi connectivity index (χ2v) is 5.45. The lowest BCUT2D eigenvalue weighted by Crippen LogP contribution is -2.13. The van der Waals surface area contributed by atoms with Crippen molar-refractivity contribution in [2.75, 3.05) is 5.32 Å². The lowest BCUT2D eigenvalue weighted by molar-refractivity contribution is 0.102. The zero-order chi connectivity index (χ0) is 11.5. The van der Waals surface area contributed by atoms with Gasteiger partial charge in [-0.15, -0.1) is 0 Å². The number of nitrogens with zero attached hydrogens (tertiary/aromatic N) is 3. The van der Waals surface area contributed by atoms with Crippen molar-refractivity contribution in [1.29, 1.82) is 0 Å². The molecule has 0 aliphatic rings. The Morgan fingerprint density at radius 1 is 1.31 bits per heavy atom. The fourth-order valence-electron chi connectivity index (χ4n) is 0.903. The molecule has 0 spiro atoms. The standard InChI is InChI=1S/C8H4BrClN4OS/c9-5-2-13-8(16-5)14-7(15)4-1-12-6(10)3-11-4/h1-3H,(H,13,14,15). The van der Waals surface area contributed by atoms with Crippen LogP contribution < -0.4 is 5.32 Å². The molecule has 0 bridgehead atoms. The third kappa shape index (κ3) is 2.75. The number of hydrogen-bond donors (Lipinski definition) is 1. The summed E-state index contributed by atoms with van der Waals surface area (Å²) in [6.07, 6.45) is 4.22. The van der Waals surface area contributed by atoms with Gasteiger partial charge in [0.25, 0.3) is 5.91 Å². The van der Waals surface area contributed by atoms with Crippen LogP contribution in [0, 0.1) is 0 Å². The molecule has 1 amide bonds. The summed E-state index contributed by atoms with van der Waals surface area (Å²) in [5.41, 5.74) is 0.190. The Hall–Kier alpha value is -1.05. The highest BCUT2D eigenvalue weighted by atomic mass is 79.9. The van der Waals surface area contributed by atoms with Gasteiger partial charge in [-0.2, -0.15) is 0 Å². The van der Waals surface area contributed by atoms with Crippen LogP contribution in [-0.4, -0.2) is 20.9 Å². The lowest BCUT2D eigenvalue weighted by Gasteiger charge is -1.99. The highest BCUT2D eigenvalue weighted by Gasteiger charge is 2.10. The Labute approximate surface area is 108 Å². The summed E-state index contributed by atoms with van der Waals surface area (Å²) in [6, 6.07) is 0. The quantitative estimate of drug-likeness (QED) is 0.924. The number of thiazole rings is 1. The molecule has 0 saturated heterocycles. The molecule has 0 aliphatic carbocycles. The molecule has 0 atom stereocenters. The van der Waals surface area contributed by atoms with Crippen LogP contribution >= 0.6 is 38.9 Å². The van der Waals surface area contributed by atoms with E-state index in [1.54, 1.807) is 6.20 Å². The third-order valence-electron chi connectivity index (χ3n) is 1.55. The molecule has 0 aromatic carbocycles. The van der Waals surface area contributed by atoms with E-state index in [1.807, 2.05) is 0 Å². The summed E-state index contributed by atoms with van der Waals surface area (Å²) in [5.74, 6) is -0.369. The van der Waals surface area contributed by atoms with Crippen LogP contribution in [-0.2, 0) is 0 Å². The fraction of sp³-hybridized carbons (Fsp3) is 0. The summed E-state index contributed by atoms with van der Waals surface area (Å²) in [4.78, 5) is 23.2. The summed E-state index contributed by atoms with van der Waals surface area (Å²) < 4.78 is 0.838. The first kappa shape index (κ1) is 11.4. The number of nitrogens with one attached hydrogen (secondary N) is 1. The van der Waals surface area contributed by atoms with Crippen molar-refractivity contribution in [3.63, 3.8) is 0 Å². The van der Waals surface area contributed by atoms with Gasteiger partial charge < -0.3 is 0 Å². The van der Waals surface area contributed by atoms with Crippen molar-refractivity contribution in [1.82, 2.24) is 15.0 Å². The van der Waals surface area contributed by atoms with Crippen LogP contribution in [0.5, 0.6) is 0 Å². The highest BCUT2D eigenvalue weighted by Crippen LogP contribution is 2.23. The van der Waals surface area contributed by atoms with Gasteiger partial charge in [-0.05, 0) is 15.9 Å². The number of hydrogen-bond acceptors (Lipinski definition) is 5. The second kappa shape index (κ2) is 4.86. The molecule has 0 unspecified atom stereocenters. The number of rotatable bonds is 2. The van der Waals surface area contributed by atoms with E-state index < -0.39 is 0 Å². The second-order valence-electron chi connectivity index (χ2n) is 2.65.